The molecular formula is C15H16O3. The van der Waals surface area contributed by atoms with E-state index in [0.29, 0.717) is 5.56 Å². The number of terminal acetylenes is 1. The van der Waals surface area contributed by atoms with Gasteiger partial charge in [0.25, 0.3) is 0 Å². The van der Waals surface area contributed by atoms with E-state index in [0.717, 1.165) is 5.56 Å². The van der Waals surface area contributed by atoms with Gasteiger partial charge >= 0.3 is 5.97 Å². The predicted octanol–water partition coefficient (Wildman–Crippen LogP) is 1.98. The highest BCUT2D eigenvalue weighted by atomic mass is 16.5. The van der Waals surface area contributed by atoms with E-state index in [1.165, 1.54) is 6.92 Å². The van der Waals surface area contributed by atoms with Crippen molar-refractivity contribution in [2.45, 2.75) is 20.3 Å². The van der Waals surface area contributed by atoms with Crippen LogP contribution in [0.2, 0.25) is 0 Å². The number of hydrogen-bond donors (Lipinski definition) is 0. The Kier molecular flexibility index (Phi) is 5.13. The highest BCUT2D eigenvalue weighted by molar-refractivity contribution is 5.98. The SMILES string of the molecule is C#Cc1ccccc1CC(C(C)=O)C(=O)OCC. The van der Waals surface area contributed by atoms with Gasteiger partial charge in [-0.3, -0.25) is 9.59 Å². The fourth-order valence-corrected chi connectivity index (χ4v) is 1.69. The van der Waals surface area contributed by atoms with E-state index in [2.05, 4.69) is 5.92 Å². The van der Waals surface area contributed by atoms with Crippen LogP contribution in [0.5, 0.6) is 0 Å². The third-order valence-electron chi connectivity index (χ3n) is 2.66. The van der Waals surface area contributed by atoms with Gasteiger partial charge in [0.05, 0.1) is 6.61 Å². The number of carbonyl (C=O) groups is 2. The van der Waals surface area contributed by atoms with Crippen molar-refractivity contribution in [2.24, 2.45) is 5.92 Å². The van der Waals surface area contributed by atoms with Gasteiger partial charge in [0.2, 0.25) is 0 Å². The topological polar surface area (TPSA) is 43.4 Å². The third-order valence-corrected chi connectivity index (χ3v) is 2.66. The Morgan fingerprint density at radius 2 is 2.06 bits per heavy atom. The van der Waals surface area contributed by atoms with Crippen LogP contribution in [0.4, 0.5) is 0 Å². The van der Waals surface area contributed by atoms with Gasteiger partial charge in [-0.05, 0) is 31.9 Å². The van der Waals surface area contributed by atoms with Gasteiger partial charge in [0.1, 0.15) is 11.7 Å². The van der Waals surface area contributed by atoms with Crippen molar-refractivity contribution in [2.75, 3.05) is 6.61 Å². The van der Waals surface area contributed by atoms with Crippen LogP contribution in [0.25, 0.3) is 0 Å². The van der Waals surface area contributed by atoms with Crippen molar-refractivity contribution in [1.82, 2.24) is 0 Å². The molecule has 1 unspecified atom stereocenters. The minimum Gasteiger partial charge on any atom is -0.465 e. The molecule has 0 aliphatic rings. The lowest BCUT2D eigenvalue weighted by Crippen LogP contribution is -2.26. The monoisotopic (exact) mass is 244 g/mol. The van der Waals surface area contributed by atoms with E-state index in [1.54, 1.807) is 13.0 Å². The molecule has 0 aliphatic heterocycles. The van der Waals surface area contributed by atoms with Crippen molar-refractivity contribution in [3.8, 4) is 12.3 Å². The van der Waals surface area contributed by atoms with Crippen molar-refractivity contribution >= 4 is 11.8 Å². The number of ether oxygens (including phenoxy) is 1. The molecule has 18 heavy (non-hydrogen) atoms. The van der Waals surface area contributed by atoms with Crippen molar-refractivity contribution in [3.63, 3.8) is 0 Å². The zero-order valence-corrected chi connectivity index (χ0v) is 10.6. The van der Waals surface area contributed by atoms with Crippen LogP contribution < -0.4 is 0 Å². The van der Waals surface area contributed by atoms with Crippen LogP contribution in [0.1, 0.15) is 25.0 Å². The number of esters is 1. The molecule has 1 atom stereocenters. The first kappa shape index (κ1) is 14.0. The molecule has 1 rings (SSSR count). The van der Waals surface area contributed by atoms with Crippen LogP contribution in [0, 0.1) is 18.3 Å². The van der Waals surface area contributed by atoms with Gasteiger partial charge in [0.15, 0.2) is 0 Å². The molecule has 94 valence electrons. The molecule has 0 radical (unpaired) electrons. The van der Waals surface area contributed by atoms with Gasteiger partial charge in [-0.1, -0.05) is 24.1 Å². The lowest BCUT2D eigenvalue weighted by molar-refractivity contribution is -0.151. The van der Waals surface area contributed by atoms with E-state index >= 15 is 0 Å². The first-order chi connectivity index (χ1) is 8.60. The number of rotatable bonds is 5. The van der Waals surface area contributed by atoms with Gasteiger partial charge in [0, 0.05) is 5.56 Å². The summed E-state index contributed by atoms with van der Waals surface area (Å²) in [4.78, 5) is 23.2. The summed E-state index contributed by atoms with van der Waals surface area (Å²) < 4.78 is 4.90. The van der Waals surface area contributed by atoms with E-state index in [9.17, 15) is 9.59 Å². The number of carbonyl (C=O) groups excluding carboxylic acids is 2. The number of Topliss-reactive ketones (excluding diaryl/α,β-unsaturated/α-hetero) is 1. The smallest absolute Gasteiger partial charge is 0.316 e. The molecule has 0 aliphatic carbocycles. The Hall–Kier alpha value is -2.08. The Balaban J connectivity index is 2.94. The van der Waals surface area contributed by atoms with Crippen LogP contribution in [0.3, 0.4) is 0 Å². The summed E-state index contributed by atoms with van der Waals surface area (Å²) in [7, 11) is 0. The molecule has 0 amide bonds. The van der Waals surface area contributed by atoms with E-state index in [-0.39, 0.29) is 18.8 Å². The fourth-order valence-electron chi connectivity index (χ4n) is 1.69. The molecule has 0 N–H and O–H groups in total. The average molecular weight is 244 g/mol. The number of benzene rings is 1. The molecule has 3 heteroatoms. The molecule has 0 bridgehead atoms. The second kappa shape index (κ2) is 6.61. The molecule has 0 fully saturated rings. The summed E-state index contributed by atoms with van der Waals surface area (Å²) >= 11 is 0. The minimum absolute atomic E-state index is 0.208. The third kappa shape index (κ3) is 3.46. The summed E-state index contributed by atoms with van der Waals surface area (Å²) in [5.41, 5.74) is 1.52. The van der Waals surface area contributed by atoms with Gasteiger partial charge < -0.3 is 4.74 Å². The van der Waals surface area contributed by atoms with Gasteiger partial charge in [-0.15, -0.1) is 6.42 Å². The zero-order valence-electron chi connectivity index (χ0n) is 10.6. The Labute approximate surface area is 107 Å². The molecular weight excluding hydrogens is 228 g/mol. The minimum atomic E-state index is -0.778. The van der Waals surface area contributed by atoms with Gasteiger partial charge in [-0.2, -0.15) is 0 Å². The lowest BCUT2D eigenvalue weighted by Gasteiger charge is -2.13. The summed E-state index contributed by atoms with van der Waals surface area (Å²) in [5, 5.41) is 0. The molecule has 0 heterocycles. The maximum absolute atomic E-state index is 11.7. The van der Waals surface area contributed by atoms with Crippen molar-refractivity contribution < 1.29 is 14.3 Å². The van der Waals surface area contributed by atoms with Crippen LogP contribution in [-0.2, 0) is 20.7 Å². The first-order valence-corrected chi connectivity index (χ1v) is 5.81. The second-order valence-electron chi connectivity index (χ2n) is 3.92. The Morgan fingerprint density at radius 1 is 1.39 bits per heavy atom. The molecule has 0 saturated carbocycles. The molecule has 1 aromatic rings. The Morgan fingerprint density at radius 3 is 2.61 bits per heavy atom. The van der Waals surface area contributed by atoms with Crippen molar-refractivity contribution in [1.29, 1.82) is 0 Å². The predicted molar refractivity (Wildman–Crippen MR) is 68.9 cm³/mol. The van der Waals surface area contributed by atoms with E-state index < -0.39 is 11.9 Å². The number of ketones is 1. The highest BCUT2D eigenvalue weighted by Crippen LogP contribution is 2.15. The second-order valence-corrected chi connectivity index (χ2v) is 3.92. The maximum Gasteiger partial charge on any atom is 0.316 e. The summed E-state index contributed by atoms with van der Waals surface area (Å²) in [5.74, 6) is 1.07. The molecule has 0 aromatic heterocycles. The zero-order chi connectivity index (χ0) is 13.5. The standard InChI is InChI=1S/C15H16O3/c1-4-12-8-6-7-9-13(12)10-14(11(3)16)15(17)18-5-2/h1,6-9,14H,5,10H2,2-3H3. The normalized spacial score (nSPS) is 11.4. The first-order valence-electron chi connectivity index (χ1n) is 5.81. The summed E-state index contributed by atoms with van der Waals surface area (Å²) in [6.07, 6.45) is 5.67. The molecule has 0 saturated heterocycles. The van der Waals surface area contributed by atoms with Crippen LogP contribution in [-0.4, -0.2) is 18.4 Å². The highest BCUT2D eigenvalue weighted by Gasteiger charge is 2.25. The van der Waals surface area contributed by atoms with Crippen LogP contribution in [0.15, 0.2) is 24.3 Å². The summed E-state index contributed by atoms with van der Waals surface area (Å²) in [6.45, 7) is 3.37. The van der Waals surface area contributed by atoms with Crippen LogP contribution >= 0.6 is 0 Å². The maximum atomic E-state index is 11.7. The lowest BCUT2D eigenvalue weighted by atomic mass is 9.93. The van der Waals surface area contributed by atoms with Gasteiger partial charge in [-0.25, -0.2) is 0 Å². The average Bonchev–Trinajstić information content (AvgIpc) is 2.36. The van der Waals surface area contributed by atoms with E-state index in [1.807, 2.05) is 18.2 Å². The Bertz CT molecular complexity index is 483. The largest absolute Gasteiger partial charge is 0.465 e. The van der Waals surface area contributed by atoms with Crippen molar-refractivity contribution in [3.05, 3.63) is 35.4 Å². The summed E-state index contributed by atoms with van der Waals surface area (Å²) in [6, 6.07) is 7.27. The number of hydrogen-bond acceptors (Lipinski definition) is 3. The molecule has 3 nitrogen and oxygen atoms in total. The molecule has 1 aromatic carbocycles. The van der Waals surface area contributed by atoms with E-state index in [4.69, 9.17) is 11.2 Å². The molecule has 0 spiro atoms. The fraction of sp³-hybridized carbons (Fsp3) is 0.333. The quantitative estimate of drug-likeness (QED) is 0.452.